The van der Waals surface area contributed by atoms with Crippen LogP contribution in [0.1, 0.15) is 52.2 Å². The molecule has 1 aromatic heterocycles. The molecule has 1 N–H and O–H groups in total. The predicted molar refractivity (Wildman–Crippen MR) is 108 cm³/mol. The van der Waals surface area contributed by atoms with Gasteiger partial charge in [-0.3, -0.25) is 0 Å². The fourth-order valence-electron chi connectivity index (χ4n) is 3.56. The smallest absolute Gasteiger partial charge is 0.417 e. The molecule has 0 bridgehead atoms. The van der Waals surface area contributed by atoms with Gasteiger partial charge < -0.3 is 5.11 Å². The molecule has 4 nitrogen and oxygen atoms in total. The molecule has 0 spiro atoms. The molecule has 140 valence electrons. The number of aromatic nitrogens is 2. The Labute approximate surface area is 160 Å². The van der Waals surface area contributed by atoms with Crippen molar-refractivity contribution in [2.45, 2.75) is 46.5 Å². The summed E-state index contributed by atoms with van der Waals surface area (Å²) in [6, 6.07) is 14.4. The van der Waals surface area contributed by atoms with E-state index in [2.05, 4.69) is 45.0 Å². The maximum absolute atomic E-state index is 11.8. The quantitative estimate of drug-likeness (QED) is 0.672. The van der Waals surface area contributed by atoms with Crippen molar-refractivity contribution in [3.05, 3.63) is 88.0 Å². The van der Waals surface area contributed by atoms with Crippen LogP contribution in [0.2, 0.25) is 0 Å². The summed E-state index contributed by atoms with van der Waals surface area (Å²) in [4.78, 5) is 16.5. The van der Waals surface area contributed by atoms with E-state index in [0.29, 0.717) is 5.82 Å². The fraction of sp³-hybridized carbons (Fsp3) is 0.304. The molecule has 0 aliphatic carbocycles. The van der Waals surface area contributed by atoms with Crippen LogP contribution < -0.4 is 0 Å². The Hall–Kier alpha value is -2.88. The molecule has 27 heavy (non-hydrogen) atoms. The summed E-state index contributed by atoms with van der Waals surface area (Å²) in [5.41, 5.74) is 6.84. The molecule has 0 aliphatic rings. The molecule has 2 aromatic carbocycles. The van der Waals surface area contributed by atoms with Crippen molar-refractivity contribution < 1.29 is 9.90 Å². The topological polar surface area (TPSA) is 55.1 Å². The first-order valence-electron chi connectivity index (χ1n) is 9.30. The highest BCUT2D eigenvalue weighted by molar-refractivity contribution is 5.69. The summed E-state index contributed by atoms with van der Waals surface area (Å²) < 4.78 is 1.28. The van der Waals surface area contributed by atoms with Gasteiger partial charge in [-0.2, -0.15) is 0 Å². The summed E-state index contributed by atoms with van der Waals surface area (Å²) >= 11 is 0. The molecule has 0 fully saturated rings. The first-order chi connectivity index (χ1) is 12.9. The third-order valence-electron chi connectivity index (χ3n) is 5.40. The highest BCUT2D eigenvalue weighted by Crippen LogP contribution is 2.28. The molecule has 0 amide bonds. The number of aryl methyl sites for hydroxylation is 4. The molecule has 0 saturated heterocycles. The highest BCUT2D eigenvalue weighted by Gasteiger charge is 2.21. The van der Waals surface area contributed by atoms with Crippen molar-refractivity contribution in [2.24, 2.45) is 0 Å². The van der Waals surface area contributed by atoms with Crippen molar-refractivity contribution in [2.75, 3.05) is 0 Å². The average molecular weight is 362 g/mol. The van der Waals surface area contributed by atoms with Gasteiger partial charge in [0.1, 0.15) is 5.82 Å². The normalized spacial score (nSPS) is 12.1. The molecule has 4 heteroatoms. The number of benzene rings is 2. The molecule has 3 rings (SSSR count). The standard InChI is InChI=1S/C23H26N2O2/c1-15-9-7-11-21(17(15)3)18(4)22-24-20(14-25(22)23(26)27)13-12-19-10-6-5-8-16(19)2/h5-11,14,18H,12-13H2,1-4H3,(H,26,27)/t18-/m0/s1. The Morgan fingerprint density at radius 3 is 2.44 bits per heavy atom. The predicted octanol–water partition coefficient (Wildman–Crippen LogP) is 5.27. The number of carboxylic acid groups (broad SMARTS) is 1. The van der Waals surface area contributed by atoms with E-state index < -0.39 is 6.09 Å². The molecule has 3 aromatic rings. The second-order valence-corrected chi connectivity index (χ2v) is 7.18. The van der Waals surface area contributed by atoms with Crippen LogP contribution in [-0.2, 0) is 12.8 Å². The second kappa shape index (κ2) is 7.78. The van der Waals surface area contributed by atoms with E-state index in [-0.39, 0.29) is 5.92 Å². The van der Waals surface area contributed by atoms with Gasteiger partial charge in [0.25, 0.3) is 0 Å². The summed E-state index contributed by atoms with van der Waals surface area (Å²) in [5.74, 6) is 0.490. The van der Waals surface area contributed by atoms with Crippen molar-refractivity contribution >= 4 is 6.09 Å². The van der Waals surface area contributed by atoms with Gasteiger partial charge in [-0.05, 0) is 61.4 Å². The van der Waals surface area contributed by atoms with Crippen LogP contribution in [0.4, 0.5) is 4.79 Å². The molecule has 0 saturated carbocycles. The van der Waals surface area contributed by atoms with Crippen LogP contribution >= 0.6 is 0 Å². The summed E-state index contributed by atoms with van der Waals surface area (Å²) in [7, 11) is 0. The zero-order valence-electron chi connectivity index (χ0n) is 16.4. The van der Waals surface area contributed by atoms with E-state index >= 15 is 0 Å². The van der Waals surface area contributed by atoms with E-state index in [1.165, 1.54) is 26.8 Å². The lowest BCUT2D eigenvalue weighted by molar-refractivity contribution is 0.195. The van der Waals surface area contributed by atoms with Crippen LogP contribution in [0.5, 0.6) is 0 Å². The first-order valence-corrected chi connectivity index (χ1v) is 9.30. The minimum atomic E-state index is -0.989. The van der Waals surface area contributed by atoms with Gasteiger partial charge in [0.05, 0.1) is 5.69 Å². The van der Waals surface area contributed by atoms with Gasteiger partial charge in [-0.25, -0.2) is 14.3 Å². The Morgan fingerprint density at radius 1 is 1.04 bits per heavy atom. The molecule has 0 unspecified atom stereocenters. The van der Waals surface area contributed by atoms with E-state index in [1.807, 2.05) is 25.1 Å². The molecule has 0 radical (unpaired) electrons. The van der Waals surface area contributed by atoms with Gasteiger partial charge in [0.15, 0.2) is 0 Å². The van der Waals surface area contributed by atoms with Gasteiger partial charge in [0.2, 0.25) is 0 Å². The van der Waals surface area contributed by atoms with Gasteiger partial charge in [0, 0.05) is 12.1 Å². The minimum absolute atomic E-state index is 0.0896. The van der Waals surface area contributed by atoms with Crippen molar-refractivity contribution in [1.29, 1.82) is 0 Å². The van der Waals surface area contributed by atoms with E-state index in [4.69, 9.17) is 4.98 Å². The number of rotatable bonds is 5. The Balaban J connectivity index is 1.90. The number of nitrogens with zero attached hydrogens (tertiary/aromatic N) is 2. The highest BCUT2D eigenvalue weighted by atomic mass is 16.4. The average Bonchev–Trinajstić information content (AvgIpc) is 3.07. The monoisotopic (exact) mass is 362 g/mol. The van der Waals surface area contributed by atoms with Crippen LogP contribution in [-0.4, -0.2) is 20.8 Å². The Morgan fingerprint density at radius 2 is 1.74 bits per heavy atom. The summed E-state index contributed by atoms with van der Waals surface area (Å²) in [6.45, 7) is 8.27. The van der Waals surface area contributed by atoms with Crippen molar-refractivity contribution in [3.63, 3.8) is 0 Å². The third-order valence-corrected chi connectivity index (χ3v) is 5.40. The third kappa shape index (κ3) is 3.95. The molecule has 1 atom stereocenters. The van der Waals surface area contributed by atoms with Gasteiger partial charge in [-0.15, -0.1) is 0 Å². The van der Waals surface area contributed by atoms with Crippen LogP contribution in [0.25, 0.3) is 0 Å². The Bertz CT molecular complexity index is 972. The van der Waals surface area contributed by atoms with Crippen LogP contribution in [0.15, 0.2) is 48.7 Å². The molecular weight excluding hydrogens is 336 g/mol. The largest absolute Gasteiger partial charge is 0.464 e. The maximum Gasteiger partial charge on any atom is 0.417 e. The SMILES string of the molecule is Cc1ccccc1CCc1cn(C(=O)O)c([C@@H](C)c2cccc(C)c2C)n1. The van der Waals surface area contributed by atoms with Gasteiger partial charge >= 0.3 is 6.09 Å². The lowest BCUT2D eigenvalue weighted by atomic mass is 9.93. The van der Waals surface area contributed by atoms with Crippen LogP contribution in [0, 0.1) is 20.8 Å². The van der Waals surface area contributed by atoms with Crippen LogP contribution in [0.3, 0.4) is 0 Å². The molecule has 0 aliphatic heterocycles. The lowest BCUT2D eigenvalue weighted by Gasteiger charge is -2.16. The number of hydrogen-bond donors (Lipinski definition) is 1. The zero-order chi connectivity index (χ0) is 19.6. The second-order valence-electron chi connectivity index (χ2n) is 7.18. The Kier molecular flexibility index (Phi) is 5.45. The number of carbonyl (C=O) groups is 1. The lowest BCUT2D eigenvalue weighted by Crippen LogP contribution is -2.14. The zero-order valence-corrected chi connectivity index (χ0v) is 16.4. The first kappa shape index (κ1) is 18.9. The number of hydrogen-bond acceptors (Lipinski definition) is 2. The summed E-state index contributed by atoms with van der Waals surface area (Å²) in [5, 5.41) is 9.65. The minimum Gasteiger partial charge on any atom is -0.464 e. The van der Waals surface area contributed by atoms with Gasteiger partial charge in [-0.1, -0.05) is 49.4 Å². The fourth-order valence-corrected chi connectivity index (χ4v) is 3.56. The summed E-state index contributed by atoms with van der Waals surface area (Å²) in [6.07, 6.45) is 2.24. The molecular formula is C23H26N2O2. The van der Waals surface area contributed by atoms with E-state index in [9.17, 15) is 9.90 Å². The molecule has 1 heterocycles. The number of imidazole rings is 1. The maximum atomic E-state index is 11.8. The van der Waals surface area contributed by atoms with Crippen molar-refractivity contribution in [1.82, 2.24) is 9.55 Å². The van der Waals surface area contributed by atoms with E-state index in [1.54, 1.807) is 6.20 Å². The van der Waals surface area contributed by atoms with E-state index in [0.717, 1.165) is 24.1 Å². The van der Waals surface area contributed by atoms with Crippen molar-refractivity contribution in [3.8, 4) is 0 Å².